The molecule has 0 atom stereocenters. The predicted octanol–water partition coefficient (Wildman–Crippen LogP) is 4.30. The second kappa shape index (κ2) is 8.02. The third kappa shape index (κ3) is 4.24. The van der Waals surface area contributed by atoms with Crippen LogP contribution in [0.5, 0.6) is 0 Å². The summed E-state index contributed by atoms with van der Waals surface area (Å²) in [5.74, 6) is 0.897. The fourth-order valence-electron chi connectivity index (χ4n) is 4.08. The number of likely N-dealkylation sites (tertiary alicyclic amines) is 1. The van der Waals surface area contributed by atoms with Gasteiger partial charge < -0.3 is 15.2 Å². The minimum atomic E-state index is 0.0412. The van der Waals surface area contributed by atoms with Crippen molar-refractivity contribution >= 4 is 28.7 Å². The topological polar surface area (TPSA) is 78.1 Å². The zero-order chi connectivity index (χ0) is 21.4. The highest BCUT2D eigenvalue weighted by molar-refractivity contribution is 5.99. The molecule has 2 aromatic heterocycles. The normalized spacial score (nSPS) is 16.5. The number of rotatable bonds is 5. The smallest absolute Gasteiger partial charge is 0.228 e. The first-order valence-corrected chi connectivity index (χ1v) is 10.9. The van der Waals surface area contributed by atoms with Gasteiger partial charge in [0.2, 0.25) is 11.8 Å². The van der Waals surface area contributed by atoms with Crippen molar-refractivity contribution < 1.29 is 9.59 Å². The van der Waals surface area contributed by atoms with E-state index >= 15 is 0 Å². The number of fused-ring (bicyclic) bond motifs is 1. The summed E-state index contributed by atoms with van der Waals surface area (Å²) in [6, 6.07) is 12.0. The number of carbonyl (C=O) groups excluding carboxylic acids is 2. The third-order valence-electron chi connectivity index (χ3n) is 6.17. The highest BCUT2D eigenvalue weighted by Crippen LogP contribution is 2.33. The summed E-state index contributed by atoms with van der Waals surface area (Å²) in [5, 5.41) is 3.95. The quantitative estimate of drug-likeness (QED) is 0.611. The SMILES string of the molecule is C=C1CCN(C(=O)Cc2ccc(-c3cc(NC(=O)C4CC4)nc4[nH]ccc34)cc2)CC1. The van der Waals surface area contributed by atoms with Crippen molar-refractivity contribution in [3.63, 3.8) is 0 Å². The van der Waals surface area contributed by atoms with Crippen LogP contribution in [0.3, 0.4) is 0 Å². The molecular weight excluding hydrogens is 388 g/mol. The van der Waals surface area contributed by atoms with Crippen LogP contribution >= 0.6 is 0 Å². The molecule has 1 aliphatic carbocycles. The number of H-pyrrole nitrogens is 1. The number of benzene rings is 1. The van der Waals surface area contributed by atoms with E-state index in [-0.39, 0.29) is 17.7 Å². The summed E-state index contributed by atoms with van der Waals surface area (Å²) in [7, 11) is 0. The molecule has 1 saturated heterocycles. The third-order valence-corrected chi connectivity index (χ3v) is 6.17. The van der Waals surface area contributed by atoms with Crippen molar-refractivity contribution in [3.05, 3.63) is 60.3 Å². The number of pyridine rings is 1. The van der Waals surface area contributed by atoms with Gasteiger partial charge in [-0.05, 0) is 54.5 Å². The zero-order valence-corrected chi connectivity index (χ0v) is 17.5. The van der Waals surface area contributed by atoms with Gasteiger partial charge in [0, 0.05) is 30.6 Å². The molecule has 6 heteroatoms. The molecule has 2 amide bonds. The number of hydrogen-bond donors (Lipinski definition) is 2. The van der Waals surface area contributed by atoms with Crippen LogP contribution in [0.2, 0.25) is 0 Å². The summed E-state index contributed by atoms with van der Waals surface area (Å²) >= 11 is 0. The summed E-state index contributed by atoms with van der Waals surface area (Å²) in [6.07, 6.45) is 5.98. The second-order valence-corrected chi connectivity index (χ2v) is 8.56. The minimum absolute atomic E-state index is 0.0412. The molecule has 2 aliphatic rings. The summed E-state index contributed by atoms with van der Waals surface area (Å²) in [6.45, 7) is 5.56. The van der Waals surface area contributed by atoms with Crippen LogP contribution in [0, 0.1) is 5.92 Å². The van der Waals surface area contributed by atoms with Gasteiger partial charge >= 0.3 is 0 Å². The molecule has 2 fully saturated rings. The van der Waals surface area contributed by atoms with Gasteiger partial charge in [-0.1, -0.05) is 36.4 Å². The number of anilines is 1. The van der Waals surface area contributed by atoms with E-state index in [1.165, 1.54) is 5.57 Å². The Morgan fingerprint density at radius 2 is 1.87 bits per heavy atom. The molecule has 1 aliphatic heterocycles. The first-order valence-electron chi connectivity index (χ1n) is 10.9. The molecule has 0 unspecified atom stereocenters. The Hall–Kier alpha value is -3.41. The van der Waals surface area contributed by atoms with Crippen LogP contribution in [-0.2, 0) is 16.0 Å². The number of amides is 2. The van der Waals surface area contributed by atoms with Gasteiger partial charge in [-0.25, -0.2) is 4.98 Å². The maximum atomic E-state index is 12.6. The van der Waals surface area contributed by atoms with Crippen LogP contribution in [0.15, 0.2) is 54.7 Å². The number of nitrogens with zero attached hydrogens (tertiary/aromatic N) is 2. The number of hydrogen-bond acceptors (Lipinski definition) is 3. The Morgan fingerprint density at radius 3 is 2.58 bits per heavy atom. The van der Waals surface area contributed by atoms with Gasteiger partial charge in [-0.3, -0.25) is 9.59 Å². The van der Waals surface area contributed by atoms with E-state index in [1.54, 1.807) is 0 Å². The van der Waals surface area contributed by atoms with Gasteiger partial charge in [-0.2, -0.15) is 0 Å². The fraction of sp³-hybridized carbons (Fsp3) is 0.320. The first kappa shape index (κ1) is 19.5. The van der Waals surface area contributed by atoms with E-state index in [9.17, 15) is 9.59 Å². The molecule has 3 aromatic rings. The first-order chi connectivity index (χ1) is 15.1. The van der Waals surface area contributed by atoms with Crippen molar-refractivity contribution in [2.24, 2.45) is 5.92 Å². The molecule has 1 saturated carbocycles. The molecule has 0 spiro atoms. The lowest BCUT2D eigenvalue weighted by Gasteiger charge is -2.28. The fourth-order valence-corrected chi connectivity index (χ4v) is 4.08. The summed E-state index contributed by atoms with van der Waals surface area (Å²) in [4.78, 5) is 34.4. The van der Waals surface area contributed by atoms with E-state index in [4.69, 9.17) is 0 Å². The van der Waals surface area contributed by atoms with Crippen molar-refractivity contribution in [3.8, 4) is 11.1 Å². The average molecular weight is 415 g/mol. The van der Waals surface area contributed by atoms with Crippen molar-refractivity contribution in [1.29, 1.82) is 0 Å². The molecule has 0 bridgehead atoms. The van der Waals surface area contributed by atoms with Crippen LogP contribution in [0.4, 0.5) is 5.82 Å². The molecular formula is C25H26N4O2. The minimum Gasteiger partial charge on any atom is -0.346 e. The number of nitrogens with one attached hydrogen (secondary N) is 2. The van der Waals surface area contributed by atoms with Gasteiger partial charge in [-0.15, -0.1) is 0 Å². The Morgan fingerprint density at radius 1 is 1.13 bits per heavy atom. The summed E-state index contributed by atoms with van der Waals surface area (Å²) in [5.41, 5.74) is 5.01. The Balaban J connectivity index is 1.35. The molecule has 0 radical (unpaired) electrons. The lowest BCUT2D eigenvalue weighted by atomic mass is 10.00. The highest BCUT2D eigenvalue weighted by Gasteiger charge is 2.30. The monoisotopic (exact) mass is 414 g/mol. The Kier molecular flexibility index (Phi) is 5.06. The van der Waals surface area contributed by atoms with Gasteiger partial charge in [0.25, 0.3) is 0 Å². The van der Waals surface area contributed by atoms with Crippen molar-refractivity contribution in [1.82, 2.24) is 14.9 Å². The van der Waals surface area contributed by atoms with Crippen LogP contribution in [-0.4, -0.2) is 39.8 Å². The van der Waals surface area contributed by atoms with E-state index in [0.717, 1.165) is 66.5 Å². The van der Waals surface area contributed by atoms with Gasteiger partial charge in [0.1, 0.15) is 11.5 Å². The molecule has 5 rings (SSSR count). The van der Waals surface area contributed by atoms with Gasteiger partial charge in [0.15, 0.2) is 0 Å². The lowest BCUT2D eigenvalue weighted by Crippen LogP contribution is -2.37. The molecule has 3 heterocycles. The zero-order valence-electron chi connectivity index (χ0n) is 17.5. The standard InChI is InChI=1S/C25H26N4O2/c1-16-9-12-29(13-10-16)23(30)14-17-2-4-18(5-3-17)21-15-22(28-25(31)19-6-7-19)27-24-20(21)8-11-26-24/h2-5,8,11,15,19H,1,6-7,9-10,12-14H2,(H2,26,27,28,31). The van der Waals surface area contributed by atoms with Gasteiger partial charge in [0.05, 0.1) is 6.42 Å². The van der Waals surface area contributed by atoms with E-state index in [0.29, 0.717) is 12.2 Å². The molecule has 31 heavy (non-hydrogen) atoms. The molecule has 158 valence electrons. The number of carbonyl (C=O) groups is 2. The highest BCUT2D eigenvalue weighted by atomic mass is 16.2. The molecule has 2 N–H and O–H groups in total. The molecule has 6 nitrogen and oxygen atoms in total. The van der Waals surface area contributed by atoms with E-state index in [2.05, 4.69) is 21.9 Å². The number of aromatic amines is 1. The largest absolute Gasteiger partial charge is 0.346 e. The average Bonchev–Trinajstić information content (AvgIpc) is 3.52. The second-order valence-electron chi connectivity index (χ2n) is 8.56. The van der Waals surface area contributed by atoms with E-state index < -0.39 is 0 Å². The van der Waals surface area contributed by atoms with Crippen LogP contribution in [0.1, 0.15) is 31.2 Å². The summed E-state index contributed by atoms with van der Waals surface area (Å²) < 4.78 is 0. The van der Waals surface area contributed by atoms with Crippen molar-refractivity contribution in [2.45, 2.75) is 32.1 Å². The maximum absolute atomic E-state index is 12.6. The molecule has 1 aromatic carbocycles. The van der Waals surface area contributed by atoms with Crippen LogP contribution in [0.25, 0.3) is 22.2 Å². The maximum Gasteiger partial charge on any atom is 0.228 e. The number of piperidine rings is 1. The predicted molar refractivity (Wildman–Crippen MR) is 122 cm³/mol. The lowest BCUT2D eigenvalue weighted by molar-refractivity contribution is -0.130. The van der Waals surface area contributed by atoms with Crippen molar-refractivity contribution in [2.75, 3.05) is 18.4 Å². The Bertz CT molecular complexity index is 1150. The number of aromatic nitrogens is 2. The van der Waals surface area contributed by atoms with E-state index in [1.807, 2.05) is 47.5 Å². The Labute approximate surface area is 181 Å². The van der Waals surface area contributed by atoms with Crippen LogP contribution < -0.4 is 5.32 Å².